The normalized spacial score (nSPS) is 11.5. The highest BCUT2D eigenvalue weighted by Gasteiger charge is 2.23. The Morgan fingerprint density at radius 2 is 0.912 bits per heavy atom. The third-order valence-electron chi connectivity index (χ3n) is 11.0. The van der Waals surface area contributed by atoms with Gasteiger partial charge < -0.3 is 0 Å². The van der Waals surface area contributed by atoms with E-state index in [-0.39, 0.29) is 0 Å². The number of fused-ring (bicyclic) bond motifs is 6. The van der Waals surface area contributed by atoms with E-state index in [2.05, 4.69) is 193 Å². The molecule has 11 rings (SSSR count). The van der Waals surface area contributed by atoms with Crippen molar-refractivity contribution in [1.82, 2.24) is 19.7 Å². The lowest BCUT2D eigenvalue weighted by atomic mass is 9.91. The fourth-order valence-corrected chi connectivity index (χ4v) is 8.39. The SMILES string of the molecule is c1ccc(-c2nc(-c3cc4ccccc4c4ccccc34)cc(-c3cccc4c3cc(-c3ccccc3)c3c(-c5ccccc5)nn(-c5ccccc5)c34)n2)cc1. The number of rotatable bonds is 6. The van der Waals surface area contributed by atoms with Crippen molar-refractivity contribution in [1.29, 1.82) is 0 Å². The van der Waals surface area contributed by atoms with Gasteiger partial charge in [-0.2, -0.15) is 5.10 Å². The Hall–Kier alpha value is -7.69. The molecule has 0 aliphatic carbocycles. The maximum absolute atomic E-state index is 5.42. The zero-order valence-electron chi connectivity index (χ0n) is 30.9. The lowest BCUT2D eigenvalue weighted by Gasteiger charge is -2.16. The smallest absolute Gasteiger partial charge is 0.160 e. The second-order valence-electron chi connectivity index (χ2n) is 14.4. The van der Waals surface area contributed by atoms with Crippen molar-refractivity contribution in [2.24, 2.45) is 0 Å². The first kappa shape index (κ1) is 32.7. The predicted octanol–water partition coefficient (Wildman–Crippen LogP) is 13.6. The molecule has 0 spiro atoms. The summed E-state index contributed by atoms with van der Waals surface area (Å²) in [7, 11) is 0. The average Bonchev–Trinajstić information content (AvgIpc) is 3.70. The molecule has 266 valence electrons. The third kappa shape index (κ3) is 5.58. The van der Waals surface area contributed by atoms with E-state index in [1.54, 1.807) is 0 Å². The minimum Gasteiger partial charge on any atom is -0.232 e. The molecule has 0 aliphatic heterocycles. The van der Waals surface area contributed by atoms with Gasteiger partial charge in [-0.25, -0.2) is 14.6 Å². The molecule has 0 saturated heterocycles. The van der Waals surface area contributed by atoms with Crippen LogP contribution in [0, 0.1) is 0 Å². The van der Waals surface area contributed by atoms with Crippen molar-refractivity contribution in [3.8, 4) is 62.0 Å². The zero-order valence-corrected chi connectivity index (χ0v) is 30.9. The van der Waals surface area contributed by atoms with Gasteiger partial charge in [-0.3, -0.25) is 0 Å². The van der Waals surface area contributed by atoms with Crippen molar-refractivity contribution >= 4 is 43.2 Å². The Morgan fingerprint density at radius 1 is 0.351 bits per heavy atom. The Bertz CT molecular complexity index is 3260. The van der Waals surface area contributed by atoms with Crippen LogP contribution in [0.5, 0.6) is 0 Å². The molecule has 4 heteroatoms. The van der Waals surface area contributed by atoms with Crippen LogP contribution in [0.2, 0.25) is 0 Å². The van der Waals surface area contributed by atoms with E-state index in [1.807, 2.05) is 18.2 Å². The van der Waals surface area contributed by atoms with Crippen LogP contribution in [0.15, 0.2) is 206 Å². The maximum atomic E-state index is 5.42. The fourth-order valence-electron chi connectivity index (χ4n) is 8.39. The lowest BCUT2D eigenvalue weighted by Crippen LogP contribution is -1.99. The summed E-state index contributed by atoms with van der Waals surface area (Å²) < 4.78 is 2.12. The van der Waals surface area contributed by atoms with Crippen molar-refractivity contribution in [2.45, 2.75) is 0 Å². The second-order valence-corrected chi connectivity index (χ2v) is 14.4. The number of para-hydroxylation sites is 1. The van der Waals surface area contributed by atoms with Gasteiger partial charge in [0.25, 0.3) is 0 Å². The highest BCUT2D eigenvalue weighted by molar-refractivity contribution is 6.20. The number of benzene rings is 9. The van der Waals surface area contributed by atoms with Crippen LogP contribution in [0.3, 0.4) is 0 Å². The monoisotopic (exact) mass is 726 g/mol. The molecule has 4 nitrogen and oxygen atoms in total. The van der Waals surface area contributed by atoms with Crippen molar-refractivity contribution in [2.75, 3.05) is 0 Å². The summed E-state index contributed by atoms with van der Waals surface area (Å²) in [5, 5.41) is 13.5. The molecule has 57 heavy (non-hydrogen) atoms. The molecule has 0 aliphatic rings. The summed E-state index contributed by atoms with van der Waals surface area (Å²) in [5.41, 5.74) is 11.1. The summed E-state index contributed by atoms with van der Waals surface area (Å²) >= 11 is 0. The highest BCUT2D eigenvalue weighted by Crippen LogP contribution is 2.44. The van der Waals surface area contributed by atoms with Gasteiger partial charge in [0.15, 0.2) is 5.82 Å². The minimum atomic E-state index is 0.683. The van der Waals surface area contributed by atoms with Crippen LogP contribution >= 0.6 is 0 Å². The Labute approximate surface area is 330 Å². The molecule has 0 saturated carbocycles. The quantitative estimate of drug-likeness (QED) is 0.160. The van der Waals surface area contributed by atoms with Gasteiger partial charge in [0.2, 0.25) is 0 Å². The first-order valence-electron chi connectivity index (χ1n) is 19.3. The zero-order chi connectivity index (χ0) is 37.7. The van der Waals surface area contributed by atoms with E-state index in [0.717, 1.165) is 83.2 Å². The summed E-state index contributed by atoms with van der Waals surface area (Å²) in [5.74, 6) is 0.683. The van der Waals surface area contributed by atoms with Crippen LogP contribution in [0.25, 0.3) is 105 Å². The van der Waals surface area contributed by atoms with E-state index in [1.165, 1.54) is 16.2 Å². The van der Waals surface area contributed by atoms with Crippen LogP contribution in [0.4, 0.5) is 0 Å². The third-order valence-corrected chi connectivity index (χ3v) is 11.0. The van der Waals surface area contributed by atoms with Crippen molar-refractivity contribution < 1.29 is 0 Å². The lowest BCUT2D eigenvalue weighted by molar-refractivity contribution is 0.918. The summed E-state index contributed by atoms with van der Waals surface area (Å²) in [6, 6.07) is 72.6. The maximum Gasteiger partial charge on any atom is 0.160 e. The fraction of sp³-hybridized carbons (Fsp3) is 0. The van der Waals surface area contributed by atoms with E-state index in [9.17, 15) is 0 Å². The van der Waals surface area contributed by atoms with Crippen LogP contribution in [-0.4, -0.2) is 19.7 Å². The molecule has 0 radical (unpaired) electrons. The van der Waals surface area contributed by atoms with Gasteiger partial charge in [-0.15, -0.1) is 0 Å². The standard InChI is InChI=1S/C53H34N4/c1-5-18-35(19-6-1)45-33-46-43(30-17-31-44(46)52-50(45)51(36-20-7-2-8-21-36)56-57(52)39-25-11-4-12-26-39)48-34-49(55-53(54-48)37-22-9-3-10-23-37)47-32-38-24-13-14-27-40(38)41-28-15-16-29-42(41)47/h1-34H. The van der Waals surface area contributed by atoms with Gasteiger partial charge in [0.1, 0.15) is 5.69 Å². The molecule has 0 unspecified atom stereocenters. The molecule has 0 bridgehead atoms. The summed E-state index contributed by atoms with van der Waals surface area (Å²) in [6.07, 6.45) is 0. The average molecular weight is 727 g/mol. The number of hydrogen-bond donors (Lipinski definition) is 0. The molecular formula is C53H34N4. The van der Waals surface area contributed by atoms with E-state index < -0.39 is 0 Å². The molecular weight excluding hydrogens is 693 g/mol. The molecule has 0 fully saturated rings. The number of aromatic nitrogens is 4. The van der Waals surface area contributed by atoms with Gasteiger partial charge >= 0.3 is 0 Å². The van der Waals surface area contributed by atoms with Gasteiger partial charge in [0.05, 0.1) is 22.6 Å². The summed E-state index contributed by atoms with van der Waals surface area (Å²) in [4.78, 5) is 10.7. The first-order chi connectivity index (χ1) is 28.3. The molecule has 9 aromatic carbocycles. The molecule has 2 heterocycles. The molecule has 0 atom stereocenters. The van der Waals surface area contributed by atoms with Crippen LogP contribution in [0.1, 0.15) is 0 Å². The second kappa shape index (κ2) is 13.6. The minimum absolute atomic E-state index is 0.683. The van der Waals surface area contributed by atoms with Crippen LogP contribution in [-0.2, 0) is 0 Å². The van der Waals surface area contributed by atoms with Crippen molar-refractivity contribution in [3.05, 3.63) is 206 Å². The number of nitrogens with zero attached hydrogens (tertiary/aromatic N) is 4. The summed E-state index contributed by atoms with van der Waals surface area (Å²) in [6.45, 7) is 0. The van der Waals surface area contributed by atoms with Crippen LogP contribution < -0.4 is 0 Å². The van der Waals surface area contributed by atoms with E-state index in [0.29, 0.717) is 5.82 Å². The largest absolute Gasteiger partial charge is 0.232 e. The molecule has 11 aromatic rings. The van der Waals surface area contributed by atoms with Gasteiger partial charge in [0, 0.05) is 33.0 Å². The highest BCUT2D eigenvalue weighted by atomic mass is 15.3. The van der Waals surface area contributed by atoms with E-state index in [4.69, 9.17) is 15.1 Å². The Morgan fingerprint density at radius 3 is 1.63 bits per heavy atom. The number of hydrogen-bond acceptors (Lipinski definition) is 3. The molecule has 0 amide bonds. The predicted molar refractivity (Wildman–Crippen MR) is 236 cm³/mol. The van der Waals surface area contributed by atoms with Gasteiger partial charge in [-0.05, 0) is 68.4 Å². The Kier molecular flexibility index (Phi) is 7.78. The molecule has 2 aromatic heterocycles. The van der Waals surface area contributed by atoms with E-state index >= 15 is 0 Å². The molecule has 0 N–H and O–H groups in total. The first-order valence-corrected chi connectivity index (χ1v) is 19.3. The Balaban J connectivity index is 1.25. The van der Waals surface area contributed by atoms with Gasteiger partial charge in [-0.1, -0.05) is 176 Å². The van der Waals surface area contributed by atoms with Crippen molar-refractivity contribution in [3.63, 3.8) is 0 Å². The topological polar surface area (TPSA) is 43.6 Å².